The highest BCUT2D eigenvalue weighted by atomic mass is 35.5. The maximum absolute atomic E-state index is 12.8. The zero-order valence-electron chi connectivity index (χ0n) is 15.6. The first kappa shape index (κ1) is 19.4. The molecule has 27 heavy (non-hydrogen) atoms. The maximum atomic E-state index is 12.8. The Balaban J connectivity index is 1.82. The van der Waals surface area contributed by atoms with Gasteiger partial charge in [0.2, 0.25) is 6.10 Å². The fourth-order valence-corrected chi connectivity index (χ4v) is 3.15. The third-order valence-corrected chi connectivity index (χ3v) is 4.87. The van der Waals surface area contributed by atoms with Gasteiger partial charge in [0.25, 0.3) is 5.91 Å². The van der Waals surface area contributed by atoms with Crippen LogP contribution in [0.4, 0.5) is 0 Å². The molecule has 2 aromatic rings. The SMILES string of the molecule is CCCCn1nc(C)c(C(=O)O[C@H](C(=O)NC2CC2)c2ccccc2)c1Cl. The molecule has 1 fully saturated rings. The van der Waals surface area contributed by atoms with Crippen LogP contribution in [0.3, 0.4) is 0 Å². The molecule has 0 aliphatic heterocycles. The van der Waals surface area contributed by atoms with E-state index in [1.54, 1.807) is 23.7 Å². The Morgan fingerprint density at radius 2 is 2.04 bits per heavy atom. The lowest BCUT2D eigenvalue weighted by molar-refractivity contribution is -0.130. The molecule has 1 aromatic carbocycles. The van der Waals surface area contributed by atoms with Crippen molar-refractivity contribution in [3.63, 3.8) is 0 Å². The van der Waals surface area contributed by atoms with Gasteiger partial charge in [-0.2, -0.15) is 5.10 Å². The summed E-state index contributed by atoms with van der Waals surface area (Å²) in [4.78, 5) is 25.5. The number of amides is 1. The molecule has 1 aliphatic carbocycles. The van der Waals surface area contributed by atoms with Crippen LogP contribution in [0.25, 0.3) is 0 Å². The fourth-order valence-electron chi connectivity index (χ4n) is 2.81. The summed E-state index contributed by atoms with van der Waals surface area (Å²) in [5, 5.41) is 7.49. The van der Waals surface area contributed by atoms with Crippen LogP contribution in [0, 0.1) is 6.92 Å². The van der Waals surface area contributed by atoms with Crippen LogP contribution in [-0.2, 0) is 16.1 Å². The number of unbranched alkanes of at least 4 members (excludes halogenated alkanes) is 1. The van der Waals surface area contributed by atoms with Crippen molar-refractivity contribution in [2.45, 2.75) is 58.2 Å². The van der Waals surface area contributed by atoms with Crippen molar-refractivity contribution in [1.29, 1.82) is 0 Å². The van der Waals surface area contributed by atoms with E-state index in [9.17, 15) is 9.59 Å². The van der Waals surface area contributed by atoms with Gasteiger partial charge in [-0.25, -0.2) is 4.79 Å². The van der Waals surface area contributed by atoms with Crippen LogP contribution in [-0.4, -0.2) is 27.7 Å². The number of hydrogen-bond donors (Lipinski definition) is 1. The first-order valence-electron chi connectivity index (χ1n) is 9.30. The summed E-state index contributed by atoms with van der Waals surface area (Å²) in [6.07, 6.45) is 2.79. The number of esters is 1. The predicted molar refractivity (Wildman–Crippen MR) is 103 cm³/mol. The Morgan fingerprint density at radius 1 is 1.33 bits per heavy atom. The van der Waals surface area contributed by atoms with Crippen molar-refractivity contribution in [3.05, 3.63) is 52.3 Å². The number of halogens is 1. The second kappa shape index (κ2) is 8.57. The van der Waals surface area contributed by atoms with E-state index in [0.29, 0.717) is 17.8 Å². The summed E-state index contributed by atoms with van der Waals surface area (Å²) in [5.74, 6) is -0.954. The van der Waals surface area contributed by atoms with Crippen molar-refractivity contribution >= 4 is 23.5 Å². The number of nitrogens with zero attached hydrogens (tertiary/aromatic N) is 2. The average Bonchev–Trinajstić information content (AvgIpc) is 3.42. The summed E-state index contributed by atoms with van der Waals surface area (Å²) in [5.41, 5.74) is 1.33. The number of aromatic nitrogens is 2. The lowest BCUT2D eigenvalue weighted by Crippen LogP contribution is -2.33. The Hall–Kier alpha value is -2.34. The van der Waals surface area contributed by atoms with Crippen molar-refractivity contribution in [2.75, 3.05) is 0 Å². The molecule has 1 N–H and O–H groups in total. The molecule has 1 amide bonds. The number of aryl methyl sites for hydroxylation is 2. The maximum Gasteiger partial charge on any atom is 0.344 e. The Kier molecular flexibility index (Phi) is 6.16. The average molecular weight is 390 g/mol. The minimum Gasteiger partial charge on any atom is -0.444 e. The Bertz CT molecular complexity index is 815. The molecule has 1 aliphatic rings. The number of ether oxygens (including phenoxy) is 1. The molecule has 1 aromatic heterocycles. The number of hydrogen-bond acceptors (Lipinski definition) is 4. The molecular weight excluding hydrogens is 366 g/mol. The normalized spacial score (nSPS) is 14.6. The van der Waals surface area contributed by atoms with Crippen LogP contribution >= 0.6 is 11.6 Å². The van der Waals surface area contributed by atoms with Gasteiger partial charge in [0.15, 0.2) is 0 Å². The van der Waals surface area contributed by atoms with Gasteiger partial charge in [-0.15, -0.1) is 0 Å². The fraction of sp³-hybridized carbons (Fsp3) is 0.450. The van der Waals surface area contributed by atoms with Gasteiger partial charge in [0.05, 0.1) is 5.69 Å². The largest absolute Gasteiger partial charge is 0.444 e. The molecule has 6 nitrogen and oxygen atoms in total. The molecule has 0 radical (unpaired) electrons. The van der Waals surface area contributed by atoms with E-state index < -0.39 is 12.1 Å². The molecule has 1 saturated carbocycles. The number of carbonyl (C=O) groups is 2. The molecule has 1 heterocycles. The molecule has 0 unspecified atom stereocenters. The third-order valence-electron chi connectivity index (χ3n) is 4.48. The molecule has 0 bridgehead atoms. The molecule has 3 rings (SSSR count). The monoisotopic (exact) mass is 389 g/mol. The number of carbonyl (C=O) groups excluding carboxylic acids is 2. The summed E-state index contributed by atoms with van der Waals surface area (Å²) in [7, 11) is 0. The predicted octanol–water partition coefficient (Wildman–Crippen LogP) is 3.82. The van der Waals surface area contributed by atoms with Crippen molar-refractivity contribution < 1.29 is 14.3 Å². The number of nitrogens with one attached hydrogen (secondary N) is 1. The van der Waals surface area contributed by atoms with Crippen LogP contribution in [0.15, 0.2) is 30.3 Å². The highest BCUT2D eigenvalue weighted by Crippen LogP contribution is 2.27. The van der Waals surface area contributed by atoms with Crippen molar-refractivity contribution in [3.8, 4) is 0 Å². The van der Waals surface area contributed by atoms with Gasteiger partial charge >= 0.3 is 5.97 Å². The van der Waals surface area contributed by atoms with Crippen LogP contribution in [0.5, 0.6) is 0 Å². The quantitative estimate of drug-likeness (QED) is 0.696. The van der Waals surface area contributed by atoms with Gasteiger partial charge in [0, 0.05) is 18.2 Å². The minimum absolute atomic E-state index is 0.171. The van der Waals surface area contributed by atoms with E-state index >= 15 is 0 Å². The Morgan fingerprint density at radius 3 is 2.67 bits per heavy atom. The van der Waals surface area contributed by atoms with Gasteiger partial charge in [-0.05, 0) is 26.2 Å². The highest BCUT2D eigenvalue weighted by Gasteiger charge is 2.32. The standard InChI is InChI=1S/C20H24ClN3O3/c1-3-4-12-24-18(21)16(13(2)23-24)20(26)27-17(14-8-6-5-7-9-14)19(25)22-15-10-11-15/h5-9,15,17H,3-4,10-12H2,1-2H3,(H,22,25)/t17-/m0/s1. The first-order valence-corrected chi connectivity index (χ1v) is 9.68. The number of benzene rings is 1. The van der Waals surface area contributed by atoms with Crippen molar-refractivity contribution in [1.82, 2.24) is 15.1 Å². The minimum atomic E-state index is -1.02. The summed E-state index contributed by atoms with van der Waals surface area (Å²) < 4.78 is 7.21. The van der Waals surface area contributed by atoms with Gasteiger partial charge in [-0.1, -0.05) is 55.3 Å². The van der Waals surface area contributed by atoms with Gasteiger partial charge < -0.3 is 10.1 Å². The van der Waals surface area contributed by atoms with Crippen LogP contribution < -0.4 is 5.32 Å². The Labute approximate surface area is 163 Å². The molecule has 1 atom stereocenters. The topological polar surface area (TPSA) is 73.2 Å². The lowest BCUT2D eigenvalue weighted by atomic mass is 10.1. The summed E-state index contributed by atoms with van der Waals surface area (Å²) >= 11 is 6.36. The smallest absolute Gasteiger partial charge is 0.344 e. The zero-order valence-corrected chi connectivity index (χ0v) is 16.3. The number of rotatable bonds is 8. The van der Waals surface area contributed by atoms with E-state index in [4.69, 9.17) is 16.3 Å². The molecule has 144 valence electrons. The van der Waals surface area contributed by atoms with E-state index in [-0.39, 0.29) is 22.7 Å². The lowest BCUT2D eigenvalue weighted by Gasteiger charge is -2.18. The zero-order chi connectivity index (χ0) is 19.4. The first-order chi connectivity index (χ1) is 13.0. The molecule has 7 heteroatoms. The second-order valence-corrected chi connectivity index (χ2v) is 7.16. The van der Waals surface area contributed by atoms with Crippen LogP contribution in [0.2, 0.25) is 5.15 Å². The molecule has 0 spiro atoms. The second-order valence-electron chi connectivity index (χ2n) is 6.81. The highest BCUT2D eigenvalue weighted by molar-refractivity contribution is 6.32. The summed E-state index contributed by atoms with van der Waals surface area (Å²) in [6, 6.07) is 9.17. The van der Waals surface area contributed by atoms with E-state index in [0.717, 1.165) is 25.7 Å². The molecular formula is C20H24ClN3O3. The third kappa shape index (κ3) is 4.69. The van der Waals surface area contributed by atoms with Crippen molar-refractivity contribution in [2.24, 2.45) is 0 Å². The van der Waals surface area contributed by atoms with E-state index in [2.05, 4.69) is 17.3 Å². The van der Waals surface area contributed by atoms with E-state index in [1.165, 1.54) is 0 Å². The summed E-state index contributed by atoms with van der Waals surface area (Å²) in [6.45, 7) is 4.42. The van der Waals surface area contributed by atoms with E-state index in [1.807, 2.05) is 18.2 Å². The van der Waals surface area contributed by atoms with Gasteiger partial charge in [0.1, 0.15) is 10.7 Å². The van der Waals surface area contributed by atoms with Crippen LogP contribution in [0.1, 0.15) is 60.3 Å². The molecule has 0 saturated heterocycles. The van der Waals surface area contributed by atoms with Gasteiger partial charge in [-0.3, -0.25) is 9.48 Å².